The fourth-order valence-electron chi connectivity index (χ4n) is 5.25. The molecule has 2 atom stereocenters. The molecule has 7 nitrogen and oxygen atoms in total. The maximum atomic E-state index is 13.0. The van der Waals surface area contributed by atoms with Crippen LogP contribution in [0.1, 0.15) is 63.0 Å². The molecule has 3 N–H and O–H groups in total. The first-order valence-electron chi connectivity index (χ1n) is 12.4. The van der Waals surface area contributed by atoms with Crippen molar-refractivity contribution >= 4 is 18.0 Å². The third-order valence-corrected chi connectivity index (χ3v) is 7.30. The molecule has 2 aliphatic rings. The molecule has 0 aromatic heterocycles. The minimum absolute atomic E-state index is 0.0260. The molecule has 7 heteroatoms. The summed E-state index contributed by atoms with van der Waals surface area (Å²) in [5.74, 6) is -1.12. The summed E-state index contributed by atoms with van der Waals surface area (Å²) in [5, 5.41) is 15.0. The predicted molar refractivity (Wildman–Crippen MR) is 133 cm³/mol. The highest BCUT2D eigenvalue weighted by atomic mass is 16.5. The Kier molecular flexibility index (Phi) is 7.43. The Hall–Kier alpha value is -3.35. The minimum atomic E-state index is -0.864. The lowest BCUT2D eigenvalue weighted by Crippen LogP contribution is -2.51. The second kappa shape index (κ2) is 10.5. The van der Waals surface area contributed by atoms with Gasteiger partial charge in [0.25, 0.3) is 0 Å². The summed E-state index contributed by atoms with van der Waals surface area (Å²) < 4.78 is 5.58. The predicted octanol–water partition coefficient (Wildman–Crippen LogP) is 4.70. The van der Waals surface area contributed by atoms with E-state index in [1.54, 1.807) is 13.8 Å². The van der Waals surface area contributed by atoms with Gasteiger partial charge in [0.2, 0.25) is 5.91 Å². The number of hydrogen-bond donors (Lipinski definition) is 3. The van der Waals surface area contributed by atoms with Gasteiger partial charge in [-0.2, -0.15) is 0 Å². The van der Waals surface area contributed by atoms with Crippen molar-refractivity contribution in [3.8, 4) is 11.1 Å². The van der Waals surface area contributed by atoms with Crippen LogP contribution in [0.15, 0.2) is 48.5 Å². The average molecular weight is 479 g/mol. The summed E-state index contributed by atoms with van der Waals surface area (Å²) in [7, 11) is 0. The smallest absolute Gasteiger partial charge is 0.407 e. The molecule has 0 saturated heterocycles. The lowest BCUT2D eigenvalue weighted by atomic mass is 9.81. The van der Waals surface area contributed by atoms with Gasteiger partial charge in [0.1, 0.15) is 6.61 Å². The van der Waals surface area contributed by atoms with E-state index in [0.29, 0.717) is 0 Å². The molecule has 2 unspecified atom stereocenters. The number of hydrogen-bond acceptors (Lipinski definition) is 4. The molecule has 0 radical (unpaired) electrons. The van der Waals surface area contributed by atoms with Crippen molar-refractivity contribution in [3.05, 3.63) is 59.7 Å². The number of carboxylic acids is 1. The highest BCUT2D eigenvalue weighted by Gasteiger charge is 2.34. The zero-order valence-electron chi connectivity index (χ0n) is 20.4. The van der Waals surface area contributed by atoms with Crippen molar-refractivity contribution in [2.75, 3.05) is 13.2 Å². The van der Waals surface area contributed by atoms with E-state index in [-0.39, 0.29) is 43.4 Å². The third-order valence-electron chi connectivity index (χ3n) is 7.30. The Balaban J connectivity index is 1.30. The Morgan fingerprint density at radius 3 is 2.20 bits per heavy atom. The van der Waals surface area contributed by atoms with E-state index in [1.165, 1.54) is 11.1 Å². The van der Waals surface area contributed by atoms with Crippen molar-refractivity contribution in [1.82, 2.24) is 10.6 Å². The molecule has 0 spiro atoms. The Morgan fingerprint density at radius 2 is 1.57 bits per heavy atom. The van der Waals surface area contributed by atoms with E-state index in [4.69, 9.17) is 4.74 Å². The quantitative estimate of drug-likeness (QED) is 0.510. The Bertz CT molecular complexity index is 1050. The highest BCUT2D eigenvalue weighted by molar-refractivity contribution is 5.83. The normalized spacial score (nSPS) is 19.4. The first-order chi connectivity index (χ1) is 16.8. The first kappa shape index (κ1) is 24.8. The Labute approximate surface area is 206 Å². The van der Waals surface area contributed by atoms with Gasteiger partial charge in [-0.3, -0.25) is 9.59 Å². The number of ether oxygens (including phenoxy) is 1. The van der Waals surface area contributed by atoms with Crippen LogP contribution in [0.25, 0.3) is 11.1 Å². The topological polar surface area (TPSA) is 105 Å². The molecule has 2 aromatic rings. The SMILES string of the molecule is CC(C)(CNC(=O)OCC1c2ccccc2-c2ccccc21)C(=O)NC1CCCCC1CC(=O)O. The summed E-state index contributed by atoms with van der Waals surface area (Å²) in [6.07, 6.45) is 3.03. The monoisotopic (exact) mass is 478 g/mol. The molecule has 4 rings (SSSR count). The molecule has 0 heterocycles. The van der Waals surface area contributed by atoms with Gasteiger partial charge in [-0.15, -0.1) is 0 Å². The largest absolute Gasteiger partial charge is 0.481 e. The van der Waals surface area contributed by atoms with E-state index in [0.717, 1.165) is 36.8 Å². The van der Waals surface area contributed by atoms with Gasteiger partial charge in [-0.25, -0.2) is 4.79 Å². The molecule has 2 aliphatic carbocycles. The van der Waals surface area contributed by atoms with Crippen LogP contribution >= 0.6 is 0 Å². The van der Waals surface area contributed by atoms with Crippen LogP contribution in [-0.4, -0.2) is 42.3 Å². The lowest BCUT2D eigenvalue weighted by Gasteiger charge is -2.34. The molecule has 2 aromatic carbocycles. The molecule has 2 amide bonds. The van der Waals surface area contributed by atoms with Crippen LogP contribution in [0.5, 0.6) is 0 Å². The molecular weight excluding hydrogens is 444 g/mol. The van der Waals surface area contributed by atoms with Gasteiger partial charge in [0, 0.05) is 18.5 Å². The molecule has 0 aliphatic heterocycles. The van der Waals surface area contributed by atoms with Crippen molar-refractivity contribution < 1.29 is 24.2 Å². The van der Waals surface area contributed by atoms with Crippen molar-refractivity contribution in [2.24, 2.45) is 11.3 Å². The number of alkyl carbamates (subject to hydrolysis) is 1. The fourth-order valence-corrected chi connectivity index (χ4v) is 5.25. The number of fused-ring (bicyclic) bond motifs is 3. The summed E-state index contributed by atoms with van der Waals surface area (Å²) >= 11 is 0. The number of aliphatic carboxylic acids is 1. The standard InChI is InChI=1S/C28H34N2O5/c1-28(2,26(33)30-24-14-8-3-9-18(24)15-25(31)32)17-29-27(34)35-16-23-21-12-6-4-10-19(21)20-11-5-7-13-22(20)23/h4-7,10-13,18,23-24H,3,8-9,14-17H2,1-2H3,(H,29,34)(H,30,33)(H,31,32). The van der Waals surface area contributed by atoms with Crippen LogP contribution in [-0.2, 0) is 14.3 Å². The van der Waals surface area contributed by atoms with Gasteiger partial charge in [-0.05, 0) is 54.9 Å². The number of nitrogens with one attached hydrogen (secondary N) is 2. The number of carbonyl (C=O) groups is 3. The average Bonchev–Trinajstić information content (AvgIpc) is 3.16. The van der Waals surface area contributed by atoms with Gasteiger partial charge >= 0.3 is 12.1 Å². The molecule has 1 fully saturated rings. The van der Waals surface area contributed by atoms with Crippen LogP contribution in [0, 0.1) is 11.3 Å². The van der Waals surface area contributed by atoms with E-state index in [9.17, 15) is 19.5 Å². The van der Waals surface area contributed by atoms with Gasteiger partial charge in [0.15, 0.2) is 0 Å². The summed E-state index contributed by atoms with van der Waals surface area (Å²) in [6, 6.07) is 16.2. The van der Waals surface area contributed by atoms with Crippen LogP contribution < -0.4 is 10.6 Å². The fraction of sp³-hybridized carbons (Fsp3) is 0.464. The maximum absolute atomic E-state index is 13.0. The third kappa shape index (κ3) is 5.66. The number of benzene rings is 2. The minimum Gasteiger partial charge on any atom is -0.481 e. The highest BCUT2D eigenvalue weighted by Crippen LogP contribution is 2.44. The van der Waals surface area contributed by atoms with Gasteiger partial charge < -0.3 is 20.5 Å². The number of carbonyl (C=O) groups excluding carboxylic acids is 2. The van der Waals surface area contributed by atoms with Crippen LogP contribution in [0.2, 0.25) is 0 Å². The summed E-state index contributed by atoms with van der Waals surface area (Å²) in [6.45, 7) is 3.86. The van der Waals surface area contributed by atoms with E-state index < -0.39 is 17.5 Å². The van der Waals surface area contributed by atoms with E-state index in [2.05, 4.69) is 34.9 Å². The molecular formula is C28H34N2O5. The van der Waals surface area contributed by atoms with Crippen molar-refractivity contribution in [1.29, 1.82) is 0 Å². The lowest BCUT2D eigenvalue weighted by molar-refractivity contribution is -0.139. The Morgan fingerprint density at radius 1 is 0.971 bits per heavy atom. The molecule has 1 saturated carbocycles. The zero-order chi connectivity index (χ0) is 25.0. The number of carboxylic acid groups (broad SMARTS) is 1. The number of amides is 2. The van der Waals surface area contributed by atoms with E-state index in [1.807, 2.05) is 24.3 Å². The van der Waals surface area contributed by atoms with Crippen molar-refractivity contribution in [2.45, 2.75) is 57.9 Å². The second-order valence-electron chi connectivity index (χ2n) is 10.3. The summed E-state index contributed by atoms with van der Waals surface area (Å²) in [4.78, 5) is 36.7. The van der Waals surface area contributed by atoms with Crippen LogP contribution in [0.3, 0.4) is 0 Å². The second-order valence-corrected chi connectivity index (χ2v) is 10.3. The number of rotatable bonds is 8. The van der Waals surface area contributed by atoms with Crippen LogP contribution in [0.4, 0.5) is 4.79 Å². The van der Waals surface area contributed by atoms with Gasteiger partial charge in [0.05, 0.1) is 11.8 Å². The first-order valence-corrected chi connectivity index (χ1v) is 12.4. The van der Waals surface area contributed by atoms with Gasteiger partial charge in [-0.1, -0.05) is 61.4 Å². The molecule has 186 valence electrons. The maximum Gasteiger partial charge on any atom is 0.407 e. The van der Waals surface area contributed by atoms with Crippen molar-refractivity contribution in [3.63, 3.8) is 0 Å². The molecule has 0 bridgehead atoms. The van der Waals surface area contributed by atoms with E-state index >= 15 is 0 Å². The molecule has 35 heavy (non-hydrogen) atoms. The summed E-state index contributed by atoms with van der Waals surface area (Å²) in [5.41, 5.74) is 3.75. The zero-order valence-corrected chi connectivity index (χ0v) is 20.4.